The van der Waals surface area contributed by atoms with Gasteiger partial charge in [0.05, 0.1) is 23.4 Å². The van der Waals surface area contributed by atoms with Gasteiger partial charge in [-0.3, -0.25) is 9.59 Å². The third-order valence-electron chi connectivity index (χ3n) is 8.38. The smallest absolute Gasteiger partial charge is 0.272 e. The maximum absolute atomic E-state index is 13.8. The molecule has 1 N–H and O–H groups in total. The van der Waals surface area contributed by atoms with Crippen molar-refractivity contribution in [3.8, 4) is 0 Å². The van der Waals surface area contributed by atoms with Crippen molar-refractivity contribution in [1.29, 1.82) is 0 Å². The average Bonchev–Trinajstić information content (AvgIpc) is 3.62. The van der Waals surface area contributed by atoms with Gasteiger partial charge in [-0.25, -0.2) is 4.99 Å². The second-order valence-corrected chi connectivity index (χ2v) is 11.0. The molecular weight excluding hydrogens is 462 g/mol. The molecule has 0 radical (unpaired) electrons. The number of nitrogens with one attached hydrogen (secondary N) is 1. The van der Waals surface area contributed by atoms with E-state index in [9.17, 15) is 9.59 Å². The summed E-state index contributed by atoms with van der Waals surface area (Å²) in [5, 5.41) is 3.05. The fourth-order valence-corrected chi connectivity index (χ4v) is 6.01. The number of ether oxygens (including phenoxy) is 1. The van der Waals surface area contributed by atoms with Crippen LogP contribution in [0.4, 0.5) is 5.69 Å². The largest absolute Gasteiger partial charge is 0.381 e. The van der Waals surface area contributed by atoms with E-state index in [1.54, 1.807) is 19.1 Å². The normalized spacial score (nSPS) is 21.7. The zero-order valence-electron chi connectivity index (χ0n) is 22.1. The molecule has 0 bridgehead atoms. The summed E-state index contributed by atoms with van der Waals surface area (Å²) in [7, 11) is 3.48. The number of carbonyl (C=O) groups excluding carboxylic acids is 2. The third-order valence-corrected chi connectivity index (χ3v) is 8.38. The highest BCUT2D eigenvalue weighted by Crippen LogP contribution is 2.38. The van der Waals surface area contributed by atoms with Gasteiger partial charge < -0.3 is 15.0 Å². The first-order valence-corrected chi connectivity index (χ1v) is 13.9. The number of aliphatic imine (C=N–C) groups is 1. The zero-order chi connectivity index (χ0) is 25.8. The van der Waals surface area contributed by atoms with Gasteiger partial charge in [0.2, 0.25) is 12.1 Å². The molecule has 3 atom stereocenters. The first kappa shape index (κ1) is 25.7. The van der Waals surface area contributed by atoms with Crippen molar-refractivity contribution in [2.75, 3.05) is 19.1 Å². The minimum absolute atomic E-state index is 0.126. The Balaban J connectivity index is 1.41. The van der Waals surface area contributed by atoms with Gasteiger partial charge in [0.15, 0.2) is 0 Å². The number of benzodiazepines with no additional fused rings is 1. The SMILES string of the molecule is COC(CCC1CCCC1)C(CC1CC1)C(=O)N[C@H]1N=C(c2ccccc2)c2ccccc2N(C)C1=O. The number of benzene rings is 2. The quantitative estimate of drug-likeness (QED) is 0.477. The molecule has 2 saturated carbocycles. The molecule has 196 valence electrons. The molecule has 6 nitrogen and oxygen atoms in total. The van der Waals surface area contributed by atoms with E-state index < -0.39 is 6.17 Å². The number of hydrogen-bond acceptors (Lipinski definition) is 4. The molecule has 6 heteroatoms. The maximum atomic E-state index is 13.8. The fourth-order valence-electron chi connectivity index (χ4n) is 6.01. The van der Waals surface area contributed by atoms with E-state index in [-0.39, 0.29) is 23.8 Å². The predicted molar refractivity (Wildman–Crippen MR) is 147 cm³/mol. The van der Waals surface area contributed by atoms with E-state index in [0.717, 1.165) is 42.0 Å². The van der Waals surface area contributed by atoms with Gasteiger partial charge in [0, 0.05) is 25.3 Å². The van der Waals surface area contributed by atoms with Gasteiger partial charge in [-0.05, 0) is 37.2 Å². The van der Waals surface area contributed by atoms with Crippen LogP contribution in [0.1, 0.15) is 68.9 Å². The second-order valence-electron chi connectivity index (χ2n) is 11.0. The van der Waals surface area contributed by atoms with E-state index in [0.29, 0.717) is 11.6 Å². The zero-order valence-corrected chi connectivity index (χ0v) is 22.1. The summed E-state index contributed by atoms with van der Waals surface area (Å²) < 4.78 is 5.93. The minimum Gasteiger partial charge on any atom is -0.381 e. The van der Waals surface area contributed by atoms with Crippen LogP contribution in [0.5, 0.6) is 0 Å². The molecule has 1 heterocycles. The number of anilines is 1. The Labute approximate surface area is 220 Å². The minimum atomic E-state index is -0.992. The topological polar surface area (TPSA) is 71.0 Å². The van der Waals surface area contributed by atoms with E-state index in [1.807, 2.05) is 54.6 Å². The molecule has 2 fully saturated rings. The monoisotopic (exact) mass is 501 g/mol. The van der Waals surface area contributed by atoms with Gasteiger partial charge in [0.25, 0.3) is 5.91 Å². The number of likely N-dealkylation sites (N-methyl/N-ethyl adjacent to an activating group) is 1. The molecule has 2 amide bonds. The van der Waals surface area contributed by atoms with Crippen molar-refractivity contribution in [3.63, 3.8) is 0 Å². The molecule has 5 rings (SSSR count). The highest BCUT2D eigenvalue weighted by Gasteiger charge is 2.38. The molecule has 1 aliphatic heterocycles. The van der Waals surface area contributed by atoms with Crippen molar-refractivity contribution in [3.05, 3.63) is 65.7 Å². The summed E-state index contributed by atoms with van der Waals surface area (Å²) >= 11 is 0. The predicted octanol–water partition coefficient (Wildman–Crippen LogP) is 5.34. The van der Waals surface area contributed by atoms with Gasteiger partial charge in [-0.2, -0.15) is 0 Å². The number of amides is 2. The molecule has 0 spiro atoms. The maximum Gasteiger partial charge on any atom is 0.272 e. The van der Waals surface area contributed by atoms with Crippen LogP contribution >= 0.6 is 0 Å². The second kappa shape index (κ2) is 11.6. The van der Waals surface area contributed by atoms with Crippen molar-refractivity contribution in [2.45, 2.75) is 70.1 Å². The summed E-state index contributed by atoms with van der Waals surface area (Å²) in [6.45, 7) is 0. The summed E-state index contributed by atoms with van der Waals surface area (Å²) in [6.07, 6.45) is 9.19. The lowest BCUT2D eigenvalue weighted by Gasteiger charge is -2.28. The van der Waals surface area contributed by atoms with Gasteiger partial charge in [-0.1, -0.05) is 87.1 Å². The summed E-state index contributed by atoms with van der Waals surface area (Å²) in [5.74, 6) is 0.671. The van der Waals surface area contributed by atoms with E-state index in [4.69, 9.17) is 9.73 Å². The lowest BCUT2D eigenvalue weighted by Crippen LogP contribution is -2.49. The molecule has 3 aliphatic rings. The van der Waals surface area contributed by atoms with Crippen LogP contribution in [0, 0.1) is 17.8 Å². The fraction of sp³-hybridized carbons (Fsp3) is 0.516. The van der Waals surface area contributed by atoms with Crippen LogP contribution in [0.3, 0.4) is 0 Å². The molecule has 37 heavy (non-hydrogen) atoms. The number of methoxy groups -OCH3 is 1. The first-order valence-electron chi connectivity index (χ1n) is 13.9. The van der Waals surface area contributed by atoms with E-state index >= 15 is 0 Å². The highest BCUT2D eigenvalue weighted by molar-refractivity contribution is 6.20. The van der Waals surface area contributed by atoms with Crippen LogP contribution in [0.15, 0.2) is 59.6 Å². The van der Waals surface area contributed by atoms with Crippen LogP contribution < -0.4 is 10.2 Å². The summed E-state index contributed by atoms with van der Waals surface area (Å²) in [6, 6.07) is 17.6. The van der Waals surface area contributed by atoms with Gasteiger partial charge in [0.1, 0.15) is 0 Å². The standard InChI is InChI=1S/C31H39N3O3/c1-34-26-15-9-8-14-24(26)28(23-12-4-3-5-13-23)32-29(31(34)36)33-30(35)25(20-22-16-17-22)27(37-2)19-18-21-10-6-7-11-21/h3-5,8-9,12-15,21-22,25,27,29H,6-7,10-11,16-20H2,1-2H3,(H,33,35)/t25?,27?,29-/m1/s1. The van der Waals surface area contributed by atoms with E-state index in [1.165, 1.54) is 38.5 Å². The Kier molecular flexibility index (Phi) is 8.04. The third kappa shape index (κ3) is 5.96. The number of nitrogens with zero attached hydrogens (tertiary/aromatic N) is 2. The molecule has 2 aliphatic carbocycles. The summed E-state index contributed by atoms with van der Waals surface area (Å²) in [4.78, 5) is 33.9. The lowest BCUT2D eigenvalue weighted by atomic mass is 9.89. The molecule has 2 unspecified atom stereocenters. The van der Waals surface area contributed by atoms with Crippen LogP contribution in [-0.4, -0.2) is 44.0 Å². The first-order chi connectivity index (χ1) is 18.0. The average molecular weight is 502 g/mol. The summed E-state index contributed by atoms with van der Waals surface area (Å²) in [5.41, 5.74) is 3.29. The highest BCUT2D eigenvalue weighted by atomic mass is 16.5. The Bertz CT molecular complexity index is 1120. The van der Waals surface area contributed by atoms with Gasteiger partial charge in [-0.15, -0.1) is 0 Å². The molecule has 2 aromatic carbocycles. The van der Waals surface area contributed by atoms with Crippen molar-refractivity contribution in [2.24, 2.45) is 22.7 Å². The molecule has 0 saturated heterocycles. The molecule has 2 aromatic rings. The Hall–Kier alpha value is -2.99. The van der Waals surface area contributed by atoms with Crippen molar-refractivity contribution < 1.29 is 14.3 Å². The molecular formula is C31H39N3O3. The Morgan fingerprint density at radius 2 is 1.73 bits per heavy atom. The van der Waals surface area contributed by atoms with Crippen LogP contribution in [0.2, 0.25) is 0 Å². The van der Waals surface area contributed by atoms with Crippen LogP contribution in [-0.2, 0) is 14.3 Å². The van der Waals surface area contributed by atoms with Gasteiger partial charge >= 0.3 is 0 Å². The lowest BCUT2D eigenvalue weighted by molar-refractivity contribution is -0.134. The number of hydrogen-bond donors (Lipinski definition) is 1. The number of rotatable bonds is 10. The Morgan fingerprint density at radius 1 is 1.03 bits per heavy atom. The number of carbonyl (C=O) groups is 2. The number of fused-ring (bicyclic) bond motifs is 1. The van der Waals surface area contributed by atoms with E-state index in [2.05, 4.69) is 5.32 Å². The Morgan fingerprint density at radius 3 is 2.43 bits per heavy atom. The van der Waals surface area contributed by atoms with Crippen molar-refractivity contribution in [1.82, 2.24) is 5.32 Å². The molecule has 0 aromatic heterocycles. The van der Waals surface area contributed by atoms with Crippen LogP contribution in [0.25, 0.3) is 0 Å². The van der Waals surface area contributed by atoms with Crippen molar-refractivity contribution >= 4 is 23.2 Å². The number of para-hydroxylation sites is 1.